The molecule has 0 fully saturated rings. The number of nitrogens with one attached hydrogen (secondary N) is 1. The van der Waals surface area contributed by atoms with Crippen molar-refractivity contribution in [2.45, 2.75) is 33.1 Å². The third-order valence-electron chi connectivity index (χ3n) is 5.97. The number of methoxy groups -OCH3 is 1. The number of Topliss-reactive ketones (excluding diaryl/α,β-unsaturated/α-hetero) is 1. The summed E-state index contributed by atoms with van der Waals surface area (Å²) in [5.41, 5.74) is 2.75. The molecule has 0 saturated carbocycles. The molecule has 2 heterocycles. The van der Waals surface area contributed by atoms with Gasteiger partial charge in [0.2, 0.25) is 6.79 Å². The maximum atomic E-state index is 13.6. The van der Waals surface area contributed by atoms with E-state index in [1.54, 1.807) is 32.0 Å². The third-order valence-corrected chi connectivity index (χ3v) is 5.97. The van der Waals surface area contributed by atoms with Crippen molar-refractivity contribution in [3.05, 3.63) is 46.3 Å². The van der Waals surface area contributed by atoms with Gasteiger partial charge in [0, 0.05) is 22.9 Å². The first-order valence-electron chi connectivity index (χ1n) is 10.3. The Morgan fingerprint density at radius 1 is 1.23 bits per heavy atom. The molecule has 3 atom stereocenters. The number of allylic oxidation sites excluding steroid dienone is 3. The highest BCUT2D eigenvalue weighted by Crippen LogP contribution is 2.47. The van der Waals surface area contributed by atoms with Crippen LogP contribution in [0.3, 0.4) is 0 Å². The van der Waals surface area contributed by atoms with E-state index in [-0.39, 0.29) is 25.1 Å². The molecule has 8 heteroatoms. The number of benzene rings is 1. The number of hydrogen-bond donors (Lipinski definition) is 1. The number of ether oxygens (including phenoxy) is 4. The Hall–Kier alpha value is -3.29. The number of hydrogen-bond acceptors (Lipinski definition) is 8. The average molecular weight is 427 g/mol. The summed E-state index contributed by atoms with van der Waals surface area (Å²) in [6.07, 6.45) is 0.481. The van der Waals surface area contributed by atoms with Crippen molar-refractivity contribution in [3.63, 3.8) is 0 Å². The van der Waals surface area contributed by atoms with Crippen molar-refractivity contribution in [2.24, 2.45) is 11.8 Å². The van der Waals surface area contributed by atoms with E-state index < -0.39 is 23.8 Å². The Kier molecular flexibility index (Phi) is 5.47. The van der Waals surface area contributed by atoms with E-state index in [9.17, 15) is 14.4 Å². The number of rotatable bonds is 4. The molecule has 8 nitrogen and oxygen atoms in total. The van der Waals surface area contributed by atoms with Gasteiger partial charge in [0.1, 0.15) is 5.92 Å². The summed E-state index contributed by atoms with van der Waals surface area (Å²) >= 11 is 0. The van der Waals surface area contributed by atoms with Gasteiger partial charge in [-0.2, -0.15) is 0 Å². The zero-order valence-corrected chi connectivity index (χ0v) is 17.9. The zero-order valence-electron chi connectivity index (χ0n) is 17.9. The second kappa shape index (κ2) is 8.09. The molecule has 1 aliphatic carbocycles. The van der Waals surface area contributed by atoms with Crippen LogP contribution < -0.4 is 14.8 Å². The molecule has 0 unspecified atom stereocenters. The Balaban J connectivity index is 1.87. The molecule has 0 amide bonds. The lowest BCUT2D eigenvalue weighted by Gasteiger charge is -2.38. The molecule has 164 valence electrons. The fraction of sp³-hybridized carbons (Fsp3) is 0.435. The van der Waals surface area contributed by atoms with Crippen molar-refractivity contribution in [1.82, 2.24) is 5.32 Å². The van der Waals surface area contributed by atoms with Crippen molar-refractivity contribution >= 4 is 17.7 Å². The zero-order chi connectivity index (χ0) is 22.3. The van der Waals surface area contributed by atoms with Crippen LogP contribution in [0.15, 0.2) is 40.7 Å². The van der Waals surface area contributed by atoms with Gasteiger partial charge in [0.25, 0.3) is 0 Å². The van der Waals surface area contributed by atoms with Gasteiger partial charge in [-0.05, 0) is 43.9 Å². The predicted molar refractivity (Wildman–Crippen MR) is 109 cm³/mol. The van der Waals surface area contributed by atoms with Gasteiger partial charge >= 0.3 is 11.9 Å². The van der Waals surface area contributed by atoms with Crippen LogP contribution in [-0.2, 0) is 23.9 Å². The Morgan fingerprint density at radius 2 is 1.97 bits per heavy atom. The minimum absolute atomic E-state index is 0.111. The summed E-state index contributed by atoms with van der Waals surface area (Å²) < 4.78 is 21.1. The van der Waals surface area contributed by atoms with Gasteiger partial charge in [-0.15, -0.1) is 0 Å². The summed E-state index contributed by atoms with van der Waals surface area (Å²) in [4.78, 5) is 38.9. The molecule has 31 heavy (non-hydrogen) atoms. The first-order chi connectivity index (χ1) is 14.9. The van der Waals surface area contributed by atoms with Gasteiger partial charge in [0.15, 0.2) is 17.3 Å². The lowest BCUT2D eigenvalue weighted by Crippen LogP contribution is -2.43. The number of carbonyl (C=O) groups is 3. The Bertz CT molecular complexity index is 1020. The van der Waals surface area contributed by atoms with Crippen molar-refractivity contribution in [2.75, 3.05) is 20.5 Å². The predicted octanol–water partition coefficient (Wildman–Crippen LogP) is 2.59. The van der Waals surface area contributed by atoms with Crippen LogP contribution in [0.5, 0.6) is 11.5 Å². The average Bonchev–Trinajstić information content (AvgIpc) is 3.20. The largest absolute Gasteiger partial charge is 0.468 e. The normalized spacial score (nSPS) is 24.5. The van der Waals surface area contributed by atoms with Crippen LogP contribution in [0, 0.1) is 11.8 Å². The molecule has 1 N–H and O–H groups in total. The third kappa shape index (κ3) is 3.45. The first-order valence-corrected chi connectivity index (χ1v) is 10.3. The van der Waals surface area contributed by atoms with Crippen molar-refractivity contribution in [1.29, 1.82) is 0 Å². The molecule has 0 radical (unpaired) electrons. The van der Waals surface area contributed by atoms with Crippen LogP contribution in [0.25, 0.3) is 0 Å². The van der Waals surface area contributed by atoms with Crippen LogP contribution in [0.2, 0.25) is 0 Å². The Morgan fingerprint density at radius 3 is 2.68 bits per heavy atom. The van der Waals surface area contributed by atoms with E-state index in [4.69, 9.17) is 18.9 Å². The standard InChI is InChI=1S/C23H25NO7/c1-5-29-23(27)18-12(3)24-14-8-11(2)17(22(26)28-4)21(25)20(14)19(18)13-6-7-15-16(9-13)31-10-30-15/h6-7,9,11,17,19,24H,5,8,10H2,1-4H3/t11-,17+,19+/m0/s1. The maximum Gasteiger partial charge on any atom is 0.336 e. The van der Waals surface area contributed by atoms with E-state index in [1.165, 1.54) is 7.11 Å². The summed E-state index contributed by atoms with van der Waals surface area (Å²) in [6, 6.07) is 5.33. The highest BCUT2D eigenvalue weighted by atomic mass is 16.7. The molecule has 0 aromatic heterocycles. The summed E-state index contributed by atoms with van der Waals surface area (Å²) in [5, 5.41) is 3.23. The summed E-state index contributed by atoms with van der Waals surface area (Å²) in [5.74, 6) is -2.15. The molecular weight excluding hydrogens is 402 g/mol. The molecule has 0 saturated heterocycles. The molecule has 0 spiro atoms. The second-order valence-electron chi connectivity index (χ2n) is 7.87. The molecule has 1 aromatic carbocycles. The lowest BCUT2D eigenvalue weighted by molar-refractivity contribution is -0.151. The van der Waals surface area contributed by atoms with E-state index in [2.05, 4.69) is 5.32 Å². The number of ketones is 1. The monoisotopic (exact) mass is 427 g/mol. The van der Waals surface area contributed by atoms with E-state index in [0.717, 1.165) is 0 Å². The first kappa shape index (κ1) is 21.0. The minimum atomic E-state index is -0.927. The smallest absolute Gasteiger partial charge is 0.336 e. The van der Waals surface area contributed by atoms with Gasteiger partial charge in [-0.25, -0.2) is 4.79 Å². The van der Waals surface area contributed by atoms with Gasteiger partial charge in [0.05, 0.1) is 19.3 Å². The summed E-state index contributed by atoms with van der Waals surface area (Å²) in [7, 11) is 1.27. The van der Waals surface area contributed by atoms with E-state index >= 15 is 0 Å². The fourth-order valence-electron chi connectivity index (χ4n) is 4.59. The van der Waals surface area contributed by atoms with Gasteiger partial charge in [-0.1, -0.05) is 13.0 Å². The van der Waals surface area contributed by atoms with Crippen LogP contribution in [-0.4, -0.2) is 38.2 Å². The highest BCUT2D eigenvalue weighted by molar-refractivity contribution is 6.12. The number of fused-ring (bicyclic) bond motifs is 1. The van der Waals surface area contributed by atoms with Crippen LogP contribution in [0.4, 0.5) is 0 Å². The van der Waals surface area contributed by atoms with E-state index in [0.29, 0.717) is 46.0 Å². The van der Waals surface area contributed by atoms with Gasteiger partial charge < -0.3 is 24.3 Å². The molecule has 3 aliphatic rings. The lowest BCUT2D eigenvalue weighted by atomic mass is 9.69. The van der Waals surface area contributed by atoms with E-state index in [1.807, 2.05) is 6.92 Å². The quantitative estimate of drug-likeness (QED) is 0.578. The molecular formula is C23H25NO7. The molecule has 2 aliphatic heterocycles. The summed E-state index contributed by atoms with van der Waals surface area (Å²) in [6.45, 7) is 5.67. The minimum Gasteiger partial charge on any atom is -0.468 e. The Labute approximate surface area is 180 Å². The molecule has 0 bridgehead atoms. The maximum absolute atomic E-state index is 13.6. The van der Waals surface area contributed by atoms with Gasteiger partial charge in [-0.3, -0.25) is 9.59 Å². The van der Waals surface area contributed by atoms with Crippen molar-refractivity contribution in [3.8, 4) is 11.5 Å². The topological polar surface area (TPSA) is 100 Å². The number of dihydropyridines is 1. The SMILES string of the molecule is CCOC(=O)C1=C(C)NC2=C(C(=O)[C@H](C(=O)OC)[C@@H](C)C2)[C@@H]1c1ccc2c(c1)OCO2. The highest BCUT2D eigenvalue weighted by Gasteiger charge is 2.47. The van der Waals surface area contributed by atoms with Crippen LogP contribution in [0.1, 0.15) is 38.7 Å². The number of esters is 2. The molecule has 4 rings (SSSR count). The number of carbonyl (C=O) groups excluding carboxylic acids is 3. The van der Waals surface area contributed by atoms with Crippen LogP contribution >= 0.6 is 0 Å². The second-order valence-corrected chi connectivity index (χ2v) is 7.87. The van der Waals surface area contributed by atoms with Crippen molar-refractivity contribution < 1.29 is 33.3 Å². The molecule has 1 aromatic rings. The fourth-order valence-corrected chi connectivity index (χ4v) is 4.59.